The van der Waals surface area contributed by atoms with E-state index in [-0.39, 0.29) is 6.61 Å². The summed E-state index contributed by atoms with van der Waals surface area (Å²) in [5.41, 5.74) is 5.37. The predicted molar refractivity (Wildman–Crippen MR) is 59.3 cm³/mol. The van der Waals surface area contributed by atoms with Crippen LogP contribution in [0, 0.1) is 0 Å². The van der Waals surface area contributed by atoms with Gasteiger partial charge in [0.05, 0.1) is 6.61 Å². The van der Waals surface area contributed by atoms with E-state index < -0.39 is 5.54 Å². The highest BCUT2D eigenvalue weighted by Gasteiger charge is 2.15. The van der Waals surface area contributed by atoms with Crippen LogP contribution in [0.5, 0.6) is 0 Å². The normalized spacial score (nSPS) is 15.4. The lowest BCUT2D eigenvalue weighted by Gasteiger charge is -2.21. The minimum atomic E-state index is -0.413. The molecule has 0 bridgehead atoms. The molecule has 14 heavy (non-hydrogen) atoms. The molecular weight excluding hydrogens is 178 g/mol. The Kier molecular flexibility index (Phi) is 8.14. The molecule has 0 aromatic heterocycles. The highest BCUT2D eigenvalue weighted by molar-refractivity contribution is 4.76. The van der Waals surface area contributed by atoms with Crippen molar-refractivity contribution in [1.82, 2.24) is 0 Å². The van der Waals surface area contributed by atoms with Gasteiger partial charge < -0.3 is 15.6 Å². The zero-order chi connectivity index (χ0) is 10.9. The molecule has 0 saturated heterocycles. The van der Waals surface area contributed by atoms with Gasteiger partial charge in [-0.05, 0) is 32.6 Å². The first-order chi connectivity index (χ1) is 6.62. The second kappa shape index (κ2) is 8.21. The van der Waals surface area contributed by atoms with Crippen LogP contribution in [-0.2, 0) is 4.74 Å². The van der Waals surface area contributed by atoms with E-state index in [1.165, 1.54) is 6.42 Å². The van der Waals surface area contributed by atoms with Crippen molar-refractivity contribution >= 4 is 0 Å². The molecule has 0 heterocycles. The van der Waals surface area contributed by atoms with Gasteiger partial charge in [0.2, 0.25) is 0 Å². The lowest BCUT2D eigenvalue weighted by atomic mass is 9.97. The van der Waals surface area contributed by atoms with Crippen LogP contribution in [0.3, 0.4) is 0 Å². The molecule has 1 atom stereocenters. The van der Waals surface area contributed by atoms with E-state index in [0.717, 1.165) is 38.9 Å². The summed E-state index contributed by atoms with van der Waals surface area (Å²) in [6.07, 6.45) is 5.26. The van der Waals surface area contributed by atoms with Gasteiger partial charge in [-0.1, -0.05) is 13.3 Å². The molecule has 0 rings (SSSR count). The molecule has 0 spiro atoms. The van der Waals surface area contributed by atoms with Crippen molar-refractivity contribution in [2.45, 2.75) is 51.5 Å². The van der Waals surface area contributed by atoms with E-state index in [2.05, 4.69) is 6.92 Å². The van der Waals surface area contributed by atoms with Crippen molar-refractivity contribution in [2.75, 3.05) is 19.8 Å². The van der Waals surface area contributed by atoms with Crippen LogP contribution in [0.15, 0.2) is 0 Å². The zero-order valence-electron chi connectivity index (χ0n) is 9.59. The average molecular weight is 203 g/mol. The fraction of sp³-hybridized carbons (Fsp3) is 1.00. The van der Waals surface area contributed by atoms with Gasteiger partial charge >= 0.3 is 0 Å². The molecule has 1 unspecified atom stereocenters. The van der Waals surface area contributed by atoms with Gasteiger partial charge in [-0.3, -0.25) is 0 Å². The number of hydrogen-bond acceptors (Lipinski definition) is 3. The van der Waals surface area contributed by atoms with Crippen LogP contribution >= 0.6 is 0 Å². The van der Waals surface area contributed by atoms with Gasteiger partial charge in [0.1, 0.15) is 0 Å². The average Bonchev–Trinajstić information content (AvgIpc) is 2.16. The number of aliphatic hydroxyl groups is 1. The molecule has 0 aromatic carbocycles. The number of hydrogen-bond donors (Lipinski definition) is 2. The lowest BCUT2D eigenvalue weighted by Crippen LogP contribution is -2.39. The summed E-state index contributed by atoms with van der Waals surface area (Å²) in [6, 6.07) is 0. The highest BCUT2D eigenvalue weighted by Crippen LogP contribution is 2.09. The second-order valence-electron chi connectivity index (χ2n) is 4.24. The van der Waals surface area contributed by atoms with E-state index in [1.807, 2.05) is 6.92 Å². The third-order valence-electron chi connectivity index (χ3n) is 2.29. The fourth-order valence-electron chi connectivity index (χ4n) is 1.16. The summed E-state index contributed by atoms with van der Waals surface area (Å²) in [7, 11) is 0. The van der Waals surface area contributed by atoms with Gasteiger partial charge in [0, 0.05) is 18.8 Å². The summed E-state index contributed by atoms with van der Waals surface area (Å²) >= 11 is 0. The van der Waals surface area contributed by atoms with Crippen LogP contribution in [0.4, 0.5) is 0 Å². The van der Waals surface area contributed by atoms with Gasteiger partial charge in [-0.2, -0.15) is 0 Å². The number of rotatable bonds is 9. The lowest BCUT2D eigenvalue weighted by molar-refractivity contribution is 0.123. The number of aliphatic hydroxyl groups excluding tert-OH is 1. The van der Waals surface area contributed by atoms with Crippen LogP contribution in [0.25, 0.3) is 0 Å². The molecule has 3 heteroatoms. The molecule has 3 N–H and O–H groups in total. The smallest absolute Gasteiger partial charge is 0.0608 e. The highest BCUT2D eigenvalue weighted by atomic mass is 16.5. The maximum Gasteiger partial charge on any atom is 0.0608 e. The second-order valence-corrected chi connectivity index (χ2v) is 4.24. The summed E-state index contributed by atoms with van der Waals surface area (Å²) < 4.78 is 5.42. The third kappa shape index (κ3) is 8.48. The van der Waals surface area contributed by atoms with Crippen LogP contribution in [0.1, 0.15) is 46.0 Å². The van der Waals surface area contributed by atoms with Gasteiger partial charge in [-0.15, -0.1) is 0 Å². The van der Waals surface area contributed by atoms with E-state index in [9.17, 15) is 0 Å². The summed E-state index contributed by atoms with van der Waals surface area (Å²) in [5, 5.41) is 8.91. The first-order valence-electron chi connectivity index (χ1n) is 5.60. The molecule has 0 saturated carbocycles. The quantitative estimate of drug-likeness (QED) is 0.561. The Morgan fingerprint density at radius 3 is 2.43 bits per heavy atom. The van der Waals surface area contributed by atoms with Gasteiger partial charge in [-0.25, -0.2) is 0 Å². The summed E-state index contributed by atoms with van der Waals surface area (Å²) in [5.74, 6) is 0. The first kappa shape index (κ1) is 13.9. The predicted octanol–water partition coefficient (Wildman–Crippen LogP) is 1.68. The molecule has 86 valence electrons. The number of ether oxygens (including phenoxy) is 1. The Labute approximate surface area is 87.6 Å². The Bertz CT molecular complexity index is 126. The Balaban J connectivity index is 3.13. The number of nitrogens with two attached hydrogens (primary N) is 1. The van der Waals surface area contributed by atoms with Crippen molar-refractivity contribution in [1.29, 1.82) is 0 Å². The molecule has 3 nitrogen and oxygen atoms in total. The largest absolute Gasteiger partial charge is 0.394 e. The van der Waals surface area contributed by atoms with Gasteiger partial charge in [0.15, 0.2) is 0 Å². The molecule has 0 aliphatic heterocycles. The van der Waals surface area contributed by atoms with Crippen molar-refractivity contribution in [3.63, 3.8) is 0 Å². The standard InChI is InChI=1S/C11H25NO2/c1-3-4-8-14-9-6-5-7-11(2,12)10-13/h13H,3-10,12H2,1-2H3. The molecule has 0 radical (unpaired) electrons. The summed E-state index contributed by atoms with van der Waals surface area (Å²) in [4.78, 5) is 0. The van der Waals surface area contributed by atoms with Crippen LogP contribution in [-0.4, -0.2) is 30.5 Å². The third-order valence-corrected chi connectivity index (χ3v) is 2.29. The van der Waals surface area contributed by atoms with E-state index in [0.29, 0.717) is 0 Å². The van der Waals surface area contributed by atoms with Crippen molar-refractivity contribution < 1.29 is 9.84 Å². The molecule has 0 aromatic rings. The van der Waals surface area contributed by atoms with Crippen LogP contribution in [0.2, 0.25) is 0 Å². The van der Waals surface area contributed by atoms with Crippen molar-refractivity contribution in [3.05, 3.63) is 0 Å². The van der Waals surface area contributed by atoms with Crippen molar-refractivity contribution in [3.8, 4) is 0 Å². The monoisotopic (exact) mass is 203 g/mol. The van der Waals surface area contributed by atoms with Crippen molar-refractivity contribution in [2.24, 2.45) is 5.73 Å². The molecule has 0 aliphatic rings. The molecule has 0 amide bonds. The topological polar surface area (TPSA) is 55.5 Å². The fourth-order valence-corrected chi connectivity index (χ4v) is 1.16. The molecule has 0 aliphatic carbocycles. The summed E-state index contributed by atoms with van der Waals surface area (Å²) in [6.45, 7) is 5.79. The SMILES string of the molecule is CCCCOCCCCC(C)(N)CO. The zero-order valence-corrected chi connectivity index (χ0v) is 9.59. The van der Waals surface area contributed by atoms with Crippen LogP contribution < -0.4 is 5.73 Å². The Morgan fingerprint density at radius 2 is 1.86 bits per heavy atom. The van der Waals surface area contributed by atoms with E-state index in [4.69, 9.17) is 15.6 Å². The molecule has 0 fully saturated rings. The van der Waals surface area contributed by atoms with E-state index in [1.54, 1.807) is 0 Å². The van der Waals surface area contributed by atoms with E-state index >= 15 is 0 Å². The molecular formula is C11H25NO2. The Hall–Kier alpha value is -0.120. The Morgan fingerprint density at radius 1 is 1.21 bits per heavy atom. The maximum atomic E-state index is 8.91. The van der Waals surface area contributed by atoms with Gasteiger partial charge in [0.25, 0.3) is 0 Å². The number of unbranched alkanes of at least 4 members (excludes halogenated alkanes) is 2. The minimum Gasteiger partial charge on any atom is -0.394 e. The maximum absolute atomic E-state index is 8.91. The first-order valence-corrected chi connectivity index (χ1v) is 5.60. The minimum absolute atomic E-state index is 0.0592.